The number of nitrogens with one attached hydrogen (secondary N) is 1. The summed E-state index contributed by atoms with van der Waals surface area (Å²) in [4.78, 5) is 11.8. The molecule has 0 aliphatic heterocycles. The molecule has 1 aromatic carbocycles. The molecule has 0 aliphatic carbocycles. The molecule has 1 amide bonds. The summed E-state index contributed by atoms with van der Waals surface area (Å²) in [6, 6.07) is 7.65. The van der Waals surface area contributed by atoms with Gasteiger partial charge in [-0.2, -0.15) is 9.47 Å². The number of rotatable bonds is 6. The summed E-state index contributed by atoms with van der Waals surface area (Å²) in [6.07, 6.45) is 0.967. The number of hydrazone groups is 1. The van der Waals surface area contributed by atoms with Crippen molar-refractivity contribution in [2.75, 3.05) is 12.3 Å². The van der Waals surface area contributed by atoms with Gasteiger partial charge >= 0.3 is 0 Å². The lowest BCUT2D eigenvalue weighted by Crippen LogP contribution is -2.25. The molecule has 7 heteroatoms. The summed E-state index contributed by atoms with van der Waals surface area (Å²) in [5.74, 6) is 0.323. The second-order valence-electron chi connectivity index (χ2n) is 5.03. The molecule has 0 atom stereocenters. The van der Waals surface area contributed by atoms with Gasteiger partial charge in [0.25, 0.3) is 5.91 Å². The van der Waals surface area contributed by atoms with Crippen LogP contribution in [0.25, 0.3) is 0 Å². The molecule has 2 aromatic rings. The molecule has 0 aliphatic rings. The zero-order valence-electron chi connectivity index (χ0n) is 13.4. The zero-order chi connectivity index (χ0) is 16.8. The van der Waals surface area contributed by atoms with Gasteiger partial charge in [0.15, 0.2) is 6.61 Å². The average molecular weight is 332 g/mol. The molecule has 0 unspecified atom stereocenters. The van der Waals surface area contributed by atoms with Crippen molar-refractivity contribution in [1.29, 1.82) is 0 Å². The van der Waals surface area contributed by atoms with E-state index >= 15 is 0 Å². The van der Waals surface area contributed by atoms with Gasteiger partial charge in [0.1, 0.15) is 10.8 Å². The quantitative estimate of drug-likeness (QED) is 0.628. The van der Waals surface area contributed by atoms with Crippen LogP contribution < -0.4 is 15.9 Å². The van der Waals surface area contributed by atoms with Crippen molar-refractivity contribution in [2.45, 2.75) is 27.2 Å². The average Bonchev–Trinajstić information content (AvgIpc) is 2.90. The minimum Gasteiger partial charge on any atom is -0.484 e. The van der Waals surface area contributed by atoms with Gasteiger partial charge < -0.3 is 10.5 Å². The van der Waals surface area contributed by atoms with E-state index in [9.17, 15) is 4.79 Å². The van der Waals surface area contributed by atoms with E-state index in [1.165, 1.54) is 17.1 Å². The first-order chi connectivity index (χ1) is 11.0. The lowest BCUT2D eigenvalue weighted by molar-refractivity contribution is -0.123. The standard InChI is InChI=1S/C16H20N4O2S/c1-4-12-5-7-13(8-6-12)22-9-14(21)19-18-10(2)15-11(3)20-23-16(15)17/h5-8H,4,9,17H2,1-3H3,(H,19,21)/b18-10-. The molecule has 122 valence electrons. The van der Waals surface area contributed by atoms with E-state index in [2.05, 4.69) is 21.8 Å². The number of nitrogens with two attached hydrogens (primary N) is 1. The van der Waals surface area contributed by atoms with Gasteiger partial charge in [0.2, 0.25) is 0 Å². The fourth-order valence-electron chi connectivity index (χ4n) is 2.03. The smallest absolute Gasteiger partial charge is 0.277 e. The van der Waals surface area contributed by atoms with E-state index in [0.29, 0.717) is 16.5 Å². The Kier molecular flexibility index (Phi) is 5.70. The number of amides is 1. The van der Waals surface area contributed by atoms with Crippen molar-refractivity contribution >= 4 is 28.2 Å². The summed E-state index contributed by atoms with van der Waals surface area (Å²) in [7, 11) is 0. The van der Waals surface area contributed by atoms with Crippen LogP contribution in [0.15, 0.2) is 29.4 Å². The Morgan fingerprint density at radius 1 is 1.39 bits per heavy atom. The van der Waals surface area contributed by atoms with E-state index in [4.69, 9.17) is 10.5 Å². The van der Waals surface area contributed by atoms with Crippen LogP contribution in [0.5, 0.6) is 5.75 Å². The largest absolute Gasteiger partial charge is 0.484 e. The molecule has 0 fully saturated rings. The second-order valence-corrected chi connectivity index (χ2v) is 5.83. The number of nitrogen functional groups attached to an aromatic ring is 1. The summed E-state index contributed by atoms with van der Waals surface area (Å²) in [5, 5.41) is 4.64. The minimum atomic E-state index is -0.330. The number of hydrogen-bond acceptors (Lipinski definition) is 6. The highest BCUT2D eigenvalue weighted by molar-refractivity contribution is 7.10. The van der Waals surface area contributed by atoms with Crippen LogP contribution in [0.4, 0.5) is 5.00 Å². The Morgan fingerprint density at radius 2 is 2.09 bits per heavy atom. The number of aryl methyl sites for hydroxylation is 2. The number of anilines is 1. The van der Waals surface area contributed by atoms with Crippen molar-refractivity contribution in [2.24, 2.45) is 5.10 Å². The Hall–Kier alpha value is -2.41. The van der Waals surface area contributed by atoms with Gasteiger partial charge in [-0.05, 0) is 49.5 Å². The molecule has 0 bridgehead atoms. The molecule has 0 spiro atoms. The normalized spacial score (nSPS) is 11.3. The van der Waals surface area contributed by atoms with Crippen molar-refractivity contribution < 1.29 is 9.53 Å². The van der Waals surface area contributed by atoms with Crippen molar-refractivity contribution in [3.05, 3.63) is 41.1 Å². The van der Waals surface area contributed by atoms with Crippen molar-refractivity contribution in [3.63, 3.8) is 0 Å². The number of benzene rings is 1. The highest BCUT2D eigenvalue weighted by atomic mass is 32.1. The van der Waals surface area contributed by atoms with Gasteiger partial charge in [0, 0.05) is 0 Å². The van der Waals surface area contributed by atoms with E-state index in [1.807, 2.05) is 31.2 Å². The van der Waals surface area contributed by atoms with Crippen LogP contribution in [0.1, 0.15) is 30.7 Å². The van der Waals surface area contributed by atoms with E-state index in [-0.39, 0.29) is 12.5 Å². The maximum Gasteiger partial charge on any atom is 0.277 e. The van der Waals surface area contributed by atoms with Gasteiger partial charge in [-0.15, -0.1) is 0 Å². The third-order valence-corrected chi connectivity index (χ3v) is 4.07. The topological polar surface area (TPSA) is 89.6 Å². The first-order valence-corrected chi connectivity index (χ1v) is 8.05. The van der Waals surface area contributed by atoms with Crippen LogP contribution in [0, 0.1) is 6.92 Å². The number of hydrogen-bond donors (Lipinski definition) is 2. The first-order valence-electron chi connectivity index (χ1n) is 7.28. The van der Waals surface area contributed by atoms with Gasteiger partial charge in [0.05, 0.1) is 17.0 Å². The maximum atomic E-state index is 11.8. The third-order valence-electron chi connectivity index (χ3n) is 3.30. The lowest BCUT2D eigenvalue weighted by atomic mass is 10.2. The van der Waals surface area contributed by atoms with E-state index < -0.39 is 0 Å². The predicted molar refractivity (Wildman–Crippen MR) is 92.9 cm³/mol. The molecule has 6 nitrogen and oxygen atoms in total. The van der Waals surface area contributed by atoms with Gasteiger partial charge in [-0.3, -0.25) is 4.79 Å². The van der Waals surface area contributed by atoms with E-state index in [0.717, 1.165) is 17.7 Å². The summed E-state index contributed by atoms with van der Waals surface area (Å²) >= 11 is 1.21. The Bertz CT molecular complexity index is 688. The fraction of sp³-hybridized carbons (Fsp3) is 0.312. The van der Waals surface area contributed by atoms with Gasteiger partial charge in [-0.25, -0.2) is 5.43 Å². The Balaban J connectivity index is 1.88. The number of ether oxygens (including phenoxy) is 1. The van der Waals surface area contributed by atoms with E-state index in [1.54, 1.807) is 6.92 Å². The number of aromatic nitrogens is 1. The predicted octanol–water partition coefficient (Wildman–Crippen LogP) is 2.52. The molecule has 0 saturated carbocycles. The Labute approximate surface area is 139 Å². The second kappa shape index (κ2) is 7.73. The molecule has 1 aromatic heterocycles. The van der Waals surface area contributed by atoms with Crippen LogP contribution in [-0.4, -0.2) is 22.6 Å². The number of carbonyl (C=O) groups is 1. The summed E-state index contributed by atoms with van der Waals surface area (Å²) in [6.45, 7) is 5.61. The van der Waals surface area contributed by atoms with Crippen molar-refractivity contribution in [3.8, 4) is 5.75 Å². The monoisotopic (exact) mass is 332 g/mol. The number of nitrogens with zero attached hydrogens (tertiary/aromatic N) is 2. The molecule has 2 rings (SSSR count). The molecule has 0 radical (unpaired) electrons. The van der Waals surface area contributed by atoms with Crippen molar-refractivity contribution in [1.82, 2.24) is 9.80 Å². The summed E-state index contributed by atoms with van der Waals surface area (Å²) in [5.41, 5.74) is 11.7. The highest BCUT2D eigenvalue weighted by Crippen LogP contribution is 2.21. The molecule has 3 N–H and O–H groups in total. The van der Waals surface area contributed by atoms with Crippen LogP contribution in [-0.2, 0) is 11.2 Å². The third kappa shape index (κ3) is 4.53. The van der Waals surface area contributed by atoms with Crippen LogP contribution in [0.3, 0.4) is 0 Å². The molecule has 1 heterocycles. The zero-order valence-corrected chi connectivity index (χ0v) is 14.2. The van der Waals surface area contributed by atoms with Crippen LogP contribution >= 0.6 is 11.5 Å². The number of carbonyl (C=O) groups excluding carboxylic acids is 1. The Morgan fingerprint density at radius 3 is 2.65 bits per heavy atom. The lowest BCUT2D eigenvalue weighted by Gasteiger charge is -2.06. The highest BCUT2D eigenvalue weighted by Gasteiger charge is 2.11. The maximum absolute atomic E-state index is 11.8. The molecule has 23 heavy (non-hydrogen) atoms. The SMILES string of the molecule is CCc1ccc(OCC(=O)N/N=C(/C)c2c(C)nsc2N)cc1. The summed E-state index contributed by atoms with van der Waals surface area (Å²) < 4.78 is 9.57. The molecular formula is C16H20N4O2S. The van der Waals surface area contributed by atoms with Crippen LogP contribution in [0.2, 0.25) is 0 Å². The molecular weight excluding hydrogens is 312 g/mol. The first kappa shape index (κ1) is 17.0. The fourth-order valence-corrected chi connectivity index (χ4v) is 2.75. The van der Waals surface area contributed by atoms with Gasteiger partial charge in [-0.1, -0.05) is 19.1 Å². The minimum absolute atomic E-state index is 0.0986. The molecule has 0 saturated heterocycles.